The number of nitrogens with zero attached hydrogens (tertiary/aromatic N) is 1. The fourth-order valence-corrected chi connectivity index (χ4v) is 4.46. The Morgan fingerprint density at radius 3 is 2.13 bits per heavy atom. The van der Waals surface area contributed by atoms with Crippen LogP contribution in [0, 0.1) is 0 Å². The van der Waals surface area contributed by atoms with E-state index in [9.17, 15) is 49.0 Å². The second-order valence-electron chi connectivity index (χ2n) is 7.59. The third-order valence-electron chi connectivity index (χ3n) is 5.13. The summed E-state index contributed by atoms with van der Waals surface area (Å²) in [4.78, 5) is 7.71. The van der Waals surface area contributed by atoms with Crippen LogP contribution in [0.3, 0.4) is 0 Å². The van der Waals surface area contributed by atoms with Crippen LogP contribution in [0.4, 0.5) is 43.9 Å². The van der Waals surface area contributed by atoms with Gasteiger partial charge in [0, 0.05) is 17.0 Å². The van der Waals surface area contributed by atoms with Crippen LogP contribution in [0.5, 0.6) is 11.5 Å². The molecular formula is C22H21F10N2O4S+. The molecule has 1 aromatic carbocycles. The Balaban J connectivity index is 2.69. The molecular weight excluding hydrogens is 578 g/mol. The smallest absolute Gasteiger partial charge is 0.431 e. The number of aliphatic hydroxyl groups is 1. The van der Waals surface area contributed by atoms with E-state index in [1.54, 1.807) is 13.0 Å². The maximum atomic E-state index is 13.4. The lowest BCUT2D eigenvalue weighted by Gasteiger charge is -2.30. The highest BCUT2D eigenvalue weighted by molar-refractivity contribution is 7.11. The van der Waals surface area contributed by atoms with Crippen molar-refractivity contribution in [1.82, 2.24) is 4.98 Å². The van der Waals surface area contributed by atoms with Crippen molar-refractivity contribution in [2.75, 3.05) is 7.11 Å². The number of quaternary nitrogens is 1. The summed E-state index contributed by atoms with van der Waals surface area (Å²) in [6.07, 6.45) is -7.38. The van der Waals surface area contributed by atoms with E-state index in [0.29, 0.717) is 11.8 Å². The molecule has 0 amide bonds. The number of thiazole rings is 1. The van der Waals surface area contributed by atoms with Crippen LogP contribution in [0.1, 0.15) is 34.7 Å². The second-order valence-corrected chi connectivity index (χ2v) is 8.65. The number of hydrogen-bond acceptors (Lipinski definition) is 6. The number of alkyl halides is 10. The van der Waals surface area contributed by atoms with Gasteiger partial charge in [-0.05, 0) is 42.7 Å². The molecule has 2 aromatic rings. The van der Waals surface area contributed by atoms with Crippen molar-refractivity contribution in [2.24, 2.45) is 0 Å². The van der Waals surface area contributed by atoms with Gasteiger partial charge in [-0.25, -0.2) is 9.82 Å². The molecule has 1 atom stereocenters. The van der Waals surface area contributed by atoms with E-state index in [4.69, 9.17) is 4.84 Å². The molecule has 39 heavy (non-hydrogen) atoms. The van der Waals surface area contributed by atoms with E-state index in [-0.39, 0.29) is 28.2 Å². The molecule has 1 heterocycles. The van der Waals surface area contributed by atoms with E-state index in [1.807, 2.05) is 0 Å². The Morgan fingerprint density at radius 2 is 1.62 bits per heavy atom. The average Bonchev–Trinajstić information content (AvgIpc) is 3.30. The van der Waals surface area contributed by atoms with Gasteiger partial charge in [-0.15, -0.1) is 11.3 Å². The van der Waals surface area contributed by atoms with Crippen molar-refractivity contribution in [3.8, 4) is 11.5 Å². The quantitative estimate of drug-likeness (QED) is 0.184. The SMILES string of the molecule is C/C=C(\C=C/[NH2+]OC)CC(c1ccc(OC(F)F)c(OC(F)F)c1)c1cnc(C(O)(C(F)(F)F)C(F)(F)F)s1. The number of benzene rings is 1. The molecule has 0 aliphatic carbocycles. The molecule has 17 heteroatoms. The largest absolute Gasteiger partial charge is 0.433 e. The van der Waals surface area contributed by atoms with Gasteiger partial charge in [0.05, 0.1) is 7.11 Å². The van der Waals surface area contributed by atoms with E-state index in [2.05, 4.69) is 14.5 Å². The lowest BCUT2D eigenvalue weighted by molar-refractivity contribution is -0.842. The summed E-state index contributed by atoms with van der Waals surface area (Å²) in [7, 11) is 1.34. The zero-order valence-electron chi connectivity index (χ0n) is 19.9. The molecule has 0 radical (unpaired) electrons. The summed E-state index contributed by atoms with van der Waals surface area (Å²) in [5.41, 5.74) is -3.60. The summed E-state index contributed by atoms with van der Waals surface area (Å²) in [5, 5.41) is 8.00. The van der Waals surface area contributed by atoms with E-state index < -0.39 is 53.6 Å². The summed E-state index contributed by atoms with van der Waals surface area (Å²) in [6, 6.07) is 2.77. The summed E-state index contributed by atoms with van der Waals surface area (Å²) in [5.74, 6) is -2.81. The van der Waals surface area contributed by atoms with E-state index >= 15 is 0 Å². The number of aromatic nitrogens is 1. The average molecular weight is 599 g/mol. The van der Waals surface area contributed by atoms with Crippen LogP contribution in [0.2, 0.25) is 0 Å². The van der Waals surface area contributed by atoms with Crippen molar-refractivity contribution in [3.05, 3.63) is 63.8 Å². The molecule has 1 aromatic heterocycles. The number of hydrogen-bond donors (Lipinski definition) is 2. The zero-order valence-corrected chi connectivity index (χ0v) is 20.7. The molecule has 0 saturated carbocycles. The van der Waals surface area contributed by atoms with Gasteiger partial charge in [0.25, 0.3) is 0 Å². The molecule has 0 spiro atoms. The van der Waals surface area contributed by atoms with Gasteiger partial charge in [0.1, 0.15) is 11.2 Å². The summed E-state index contributed by atoms with van der Waals surface area (Å²) >= 11 is -0.113. The molecule has 1 unspecified atom stereocenters. The minimum atomic E-state index is -6.18. The molecule has 0 aliphatic rings. The highest BCUT2D eigenvalue weighted by Crippen LogP contribution is 2.52. The summed E-state index contributed by atoms with van der Waals surface area (Å²) in [6.45, 7) is -5.34. The molecule has 218 valence electrons. The normalized spacial score (nSPS) is 14.5. The standard InChI is InChI=1S/C22H20F10N2O4S/c1-3-11(6-7-34-36-2)8-13(12-4-5-14(37-18(23)24)15(9-12)38-19(25)26)16-10-33-17(39-16)20(35,21(27,28)29)22(30,31)32/h3-7,9-10,13,18-19,34-35H,8H2,1-2H3/p+1/b7-6-,11-3+. The maximum Gasteiger partial charge on any atom is 0.433 e. The topological polar surface area (TPSA) is 77.4 Å². The predicted molar refractivity (Wildman–Crippen MR) is 116 cm³/mol. The third kappa shape index (κ3) is 7.83. The van der Waals surface area contributed by atoms with Gasteiger partial charge in [0.15, 0.2) is 11.5 Å². The third-order valence-corrected chi connectivity index (χ3v) is 6.35. The molecule has 0 bridgehead atoms. The highest BCUT2D eigenvalue weighted by atomic mass is 32.1. The first kappa shape index (κ1) is 32.3. The van der Waals surface area contributed by atoms with Crippen molar-refractivity contribution >= 4 is 11.3 Å². The second kappa shape index (κ2) is 13.0. The minimum absolute atomic E-state index is 0.0338. The fourth-order valence-electron chi connectivity index (χ4n) is 3.28. The zero-order chi connectivity index (χ0) is 29.6. The number of ether oxygens (including phenoxy) is 2. The Labute approximate surface area is 218 Å². The van der Waals surface area contributed by atoms with Crippen LogP contribution >= 0.6 is 11.3 Å². The first-order valence-corrected chi connectivity index (χ1v) is 11.4. The Bertz CT molecular complexity index is 1130. The monoisotopic (exact) mass is 599 g/mol. The Hall–Kier alpha value is -2.89. The molecule has 0 aliphatic heterocycles. The van der Waals surface area contributed by atoms with Crippen molar-refractivity contribution in [2.45, 2.75) is 50.4 Å². The van der Waals surface area contributed by atoms with Crippen molar-refractivity contribution in [1.29, 1.82) is 0 Å². The van der Waals surface area contributed by atoms with E-state index in [1.165, 1.54) is 24.9 Å². The van der Waals surface area contributed by atoms with Gasteiger partial charge in [-0.3, -0.25) is 0 Å². The molecule has 3 N–H and O–H groups in total. The predicted octanol–water partition coefficient (Wildman–Crippen LogP) is 5.76. The first-order valence-electron chi connectivity index (χ1n) is 10.6. The lowest BCUT2D eigenvalue weighted by atomic mass is 9.90. The first-order chi connectivity index (χ1) is 18.0. The van der Waals surface area contributed by atoms with Gasteiger partial charge >= 0.3 is 31.2 Å². The van der Waals surface area contributed by atoms with Gasteiger partial charge in [-0.2, -0.15) is 49.4 Å². The van der Waals surface area contributed by atoms with Gasteiger partial charge in [0.2, 0.25) is 0 Å². The number of rotatable bonds is 12. The molecule has 2 rings (SSSR count). The van der Waals surface area contributed by atoms with E-state index in [0.717, 1.165) is 18.2 Å². The maximum absolute atomic E-state index is 13.4. The minimum Gasteiger partial charge on any atom is -0.431 e. The highest BCUT2D eigenvalue weighted by Gasteiger charge is 2.73. The van der Waals surface area contributed by atoms with Crippen molar-refractivity contribution in [3.63, 3.8) is 0 Å². The van der Waals surface area contributed by atoms with Crippen LogP contribution < -0.4 is 15.0 Å². The van der Waals surface area contributed by atoms with Crippen LogP contribution in [0.15, 0.2) is 48.3 Å². The van der Waals surface area contributed by atoms with Crippen molar-refractivity contribution < 1.29 is 68.8 Å². The summed E-state index contributed by atoms with van der Waals surface area (Å²) < 4.78 is 140. The van der Waals surface area contributed by atoms with Crippen LogP contribution in [0.25, 0.3) is 0 Å². The number of halogens is 10. The fraction of sp³-hybridized carbons (Fsp3) is 0.409. The number of nitrogens with two attached hydrogens (primary N) is 1. The van der Waals surface area contributed by atoms with Gasteiger partial charge < -0.3 is 14.6 Å². The molecule has 0 fully saturated rings. The Morgan fingerprint density at radius 1 is 1.03 bits per heavy atom. The molecule has 6 nitrogen and oxygen atoms in total. The number of allylic oxidation sites excluding steroid dienone is 3. The van der Waals surface area contributed by atoms with Gasteiger partial charge in [-0.1, -0.05) is 12.1 Å². The lowest BCUT2D eigenvalue weighted by Crippen LogP contribution is -2.75. The van der Waals surface area contributed by atoms with Crippen LogP contribution in [-0.4, -0.2) is 42.8 Å². The molecule has 0 saturated heterocycles. The number of hydroxylamine groups is 1. The Kier molecular flexibility index (Phi) is 10.8. The van der Waals surface area contributed by atoms with Crippen LogP contribution in [-0.2, 0) is 10.4 Å².